The van der Waals surface area contributed by atoms with Gasteiger partial charge in [0.1, 0.15) is 17.0 Å². The maximum absolute atomic E-state index is 12.6. The van der Waals surface area contributed by atoms with E-state index in [1.807, 2.05) is 37.3 Å². The van der Waals surface area contributed by atoms with Crippen LogP contribution < -0.4 is 5.69 Å². The molecule has 0 amide bonds. The van der Waals surface area contributed by atoms with Gasteiger partial charge in [0.05, 0.1) is 23.3 Å². The van der Waals surface area contributed by atoms with E-state index in [0.29, 0.717) is 22.3 Å². The molecule has 138 valence electrons. The molecule has 28 heavy (non-hydrogen) atoms. The number of pyridine rings is 1. The number of para-hydroxylation sites is 2. The van der Waals surface area contributed by atoms with E-state index in [9.17, 15) is 4.79 Å². The zero-order chi connectivity index (χ0) is 19.3. The standard InChI is InChI=1S/C19H14ClN7O/c1-11(12-5-4-8-21-16(12)20)27-17-14(24-19(27)28)9-22-18(25-17)26-10-23-13-6-2-3-7-15(13)26/h2-11H,1H3,(H,24,28). The van der Waals surface area contributed by atoms with E-state index in [2.05, 4.69) is 24.9 Å². The molecule has 0 bridgehead atoms. The predicted molar refractivity (Wildman–Crippen MR) is 106 cm³/mol. The van der Waals surface area contributed by atoms with Gasteiger partial charge in [-0.3, -0.25) is 9.13 Å². The molecular weight excluding hydrogens is 378 g/mol. The van der Waals surface area contributed by atoms with Crippen LogP contribution in [0.15, 0.2) is 59.9 Å². The fourth-order valence-electron chi connectivity index (χ4n) is 3.35. The fraction of sp³-hybridized carbons (Fsp3) is 0.105. The van der Waals surface area contributed by atoms with Gasteiger partial charge in [-0.1, -0.05) is 29.8 Å². The van der Waals surface area contributed by atoms with Crippen LogP contribution in [0, 0.1) is 0 Å². The third-order valence-corrected chi connectivity index (χ3v) is 5.05. The molecule has 5 aromatic rings. The van der Waals surface area contributed by atoms with Gasteiger partial charge in [-0.05, 0) is 25.1 Å². The summed E-state index contributed by atoms with van der Waals surface area (Å²) in [4.78, 5) is 33.0. The Kier molecular flexibility index (Phi) is 3.73. The summed E-state index contributed by atoms with van der Waals surface area (Å²) in [6.07, 6.45) is 4.88. The van der Waals surface area contributed by atoms with E-state index < -0.39 is 0 Å². The average Bonchev–Trinajstić information content (AvgIpc) is 3.27. The second-order valence-corrected chi connectivity index (χ2v) is 6.73. The molecule has 4 heterocycles. The first kappa shape index (κ1) is 16.6. The smallest absolute Gasteiger partial charge is 0.303 e. The van der Waals surface area contributed by atoms with Gasteiger partial charge < -0.3 is 4.98 Å². The molecule has 9 heteroatoms. The predicted octanol–water partition coefficient (Wildman–Crippen LogP) is 3.12. The minimum absolute atomic E-state index is 0.288. The van der Waals surface area contributed by atoms with Crippen LogP contribution in [0.2, 0.25) is 5.15 Å². The van der Waals surface area contributed by atoms with Crippen molar-refractivity contribution in [3.8, 4) is 5.95 Å². The van der Waals surface area contributed by atoms with Crippen molar-refractivity contribution >= 4 is 33.8 Å². The normalized spacial score (nSPS) is 12.6. The second-order valence-electron chi connectivity index (χ2n) is 6.37. The van der Waals surface area contributed by atoms with Crippen molar-refractivity contribution in [3.63, 3.8) is 0 Å². The number of hydrogen-bond donors (Lipinski definition) is 1. The summed E-state index contributed by atoms with van der Waals surface area (Å²) in [5, 5.41) is 0.353. The van der Waals surface area contributed by atoms with Crippen molar-refractivity contribution in [2.75, 3.05) is 0 Å². The molecule has 0 saturated carbocycles. The van der Waals surface area contributed by atoms with Crippen molar-refractivity contribution in [2.45, 2.75) is 13.0 Å². The first-order valence-corrected chi connectivity index (χ1v) is 9.01. The summed E-state index contributed by atoms with van der Waals surface area (Å²) < 4.78 is 3.35. The SMILES string of the molecule is CC(c1cccnc1Cl)n1c(=O)[nH]c2cnc(-n3cnc4ccccc43)nc21. The molecule has 0 radical (unpaired) electrons. The summed E-state index contributed by atoms with van der Waals surface area (Å²) in [6.45, 7) is 1.88. The zero-order valence-corrected chi connectivity index (χ0v) is 15.5. The number of rotatable bonds is 3. The van der Waals surface area contributed by atoms with Gasteiger partial charge in [-0.25, -0.2) is 19.7 Å². The van der Waals surface area contributed by atoms with E-state index in [-0.39, 0.29) is 11.7 Å². The first-order chi connectivity index (χ1) is 13.6. The molecule has 0 spiro atoms. The highest BCUT2D eigenvalue weighted by molar-refractivity contribution is 6.30. The molecule has 0 saturated heterocycles. The van der Waals surface area contributed by atoms with Gasteiger partial charge in [0, 0.05) is 11.8 Å². The van der Waals surface area contributed by atoms with Crippen LogP contribution in [0.4, 0.5) is 0 Å². The minimum atomic E-state index is -0.357. The van der Waals surface area contributed by atoms with Gasteiger partial charge in [-0.15, -0.1) is 0 Å². The molecular formula is C19H14ClN7O. The molecule has 1 unspecified atom stereocenters. The molecule has 1 aromatic carbocycles. The lowest BCUT2D eigenvalue weighted by Crippen LogP contribution is -2.22. The first-order valence-electron chi connectivity index (χ1n) is 8.63. The largest absolute Gasteiger partial charge is 0.328 e. The summed E-state index contributed by atoms with van der Waals surface area (Å²) in [5.41, 5.74) is 3.21. The van der Waals surface area contributed by atoms with Crippen LogP contribution in [0.3, 0.4) is 0 Å². The highest BCUT2D eigenvalue weighted by Gasteiger charge is 2.20. The van der Waals surface area contributed by atoms with Crippen LogP contribution in [0.5, 0.6) is 0 Å². The Labute approximate surface area is 163 Å². The molecule has 5 rings (SSSR count). The van der Waals surface area contributed by atoms with Crippen molar-refractivity contribution in [1.29, 1.82) is 0 Å². The Hall–Kier alpha value is -3.52. The average molecular weight is 392 g/mol. The Morgan fingerprint density at radius 2 is 1.96 bits per heavy atom. The van der Waals surface area contributed by atoms with Crippen LogP contribution in [0.25, 0.3) is 28.1 Å². The molecule has 1 N–H and O–H groups in total. The lowest BCUT2D eigenvalue weighted by atomic mass is 10.1. The molecule has 0 aliphatic carbocycles. The number of nitrogens with zero attached hydrogens (tertiary/aromatic N) is 6. The summed E-state index contributed by atoms with van der Waals surface area (Å²) in [5.74, 6) is 0.429. The zero-order valence-electron chi connectivity index (χ0n) is 14.7. The summed E-state index contributed by atoms with van der Waals surface area (Å²) in [6, 6.07) is 11.0. The highest BCUT2D eigenvalue weighted by Crippen LogP contribution is 2.25. The van der Waals surface area contributed by atoms with Gasteiger partial charge in [-0.2, -0.15) is 4.98 Å². The molecule has 0 fully saturated rings. The number of halogens is 1. The topological polar surface area (TPSA) is 94.3 Å². The Balaban J connectivity index is 1.71. The monoisotopic (exact) mass is 391 g/mol. The maximum Gasteiger partial charge on any atom is 0.328 e. The number of aromatic amines is 1. The van der Waals surface area contributed by atoms with E-state index in [1.54, 1.807) is 33.9 Å². The second kappa shape index (κ2) is 6.28. The van der Waals surface area contributed by atoms with Crippen LogP contribution in [-0.4, -0.2) is 34.1 Å². The molecule has 8 nitrogen and oxygen atoms in total. The van der Waals surface area contributed by atoms with Crippen molar-refractivity contribution in [2.24, 2.45) is 0 Å². The van der Waals surface area contributed by atoms with Crippen molar-refractivity contribution in [3.05, 3.63) is 76.3 Å². The van der Waals surface area contributed by atoms with E-state index in [1.165, 1.54) is 0 Å². The summed E-state index contributed by atoms with van der Waals surface area (Å²) >= 11 is 6.24. The van der Waals surface area contributed by atoms with Crippen LogP contribution in [0.1, 0.15) is 18.5 Å². The third-order valence-electron chi connectivity index (χ3n) is 4.74. The highest BCUT2D eigenvalue weighted by atomic mass is 35.5. The maximum atomic E-state index is 12.6. The number of fused-ring (bicyclic) bond motifs is 2. The van der Waals surface area contributed by atoms with Crippen LogP contribution in [-0.2, 0) is 0 Å². The number of benzene rings is 1. The Morgan fingerprint density at radius 3 is 2.82 bits per heavy atom. The van der Waals surface area contributed by atoms with Crippen LogP contribution >= 0.6 is 11.6 Å². The molecule has 1 atom stereocenters. The fourth-order valence-corrected chi connectivity index (χ4v) is 3.63. The van der Waals surface area contributed by atoms with Gasteiger partial charge in [0.25, 0.3) is 0 Å². The van der Waals surface area contributed by atoms with E-state index >= 15 is 0 Å². The van der Waals surface area contributed by atoms with Crippen molar-refractivity contribution in [1.82, 2.24) is 34.1 Å². The number of aromatic nitrogens is 7. The van der Waals surface area contributed by atoms with E-state index in [0.717, 1.165) is 16.6 Å². The lowest BCUT2D eigenvalue weighted by molar-refractivity contribution is 0.627. The number of hydrogen-bond acceptors (Lipinski definition) is 5. The molecule has 4 aromatic heterocycles. The molecule has 0 aliphatic heterocycles. The quantitative estimate of drug-likeness (QED) is 0.477. The number of imidazole rings is 2. The lowest BCUT2D eigenvalue weighted by Gasteiger charge is -2.14. The minimum Gasteiger partial charge on any atom is -0.303 e. The van der Waals surface area contributed by atoms with Gasteiger partial charge >= 0.3 is 5.69 Å². The van der Waals surface area contributed by atoms with Crippen molar-refractivity contribution < 1.29 is 0 Å². The Bertz CT molecular complexity index is 1380. The van der Waals surface area contributed by atoms with Gasteiger partial charge in [0.15, 0.2) is 5.65 Å². The third kappa shape index (κ3) is 2.49. The number of nitrogens with one attached hydrogen (secondary N) is 1. The van der Waals surface area contributed by atoms with Gasteiger partial charge in [0.2, 0.25) is 5.95 Å². The molecule has 0 aliphatic rings. The summed E-state index contributed by atoms with van der Waals surface area (Å²) in [7, 11) is 0. The number of H-pyrrole nitrogens is 1. The van der Waals surface area contributed by atoms with E-state index in [4.69, 9.17) is 11.6 Å². The Morgan fingerprint density at radius 1 is 1.11 bits per heavy atom.